The number of nitrogens with zero attached hydrogens (tertiary/aromatic N) is 1. The summed E-state index contributed by atoms with van der Waals surface area (Å²) in [5.41, 5.74) is 1.19. The molecule has 100 valence electrons. The average molecular weight is 293 g/mol. The number of methoxy groups -OCH3 is 1. The zero-order valence-electron chi connectivity index (χ0n) is 10.1. The van der Waals surface area contributed by atoms with Gasteiger partial charge in [-0.25, -0.2) is 4.98 Å². The summed E-state index contributed by atoms with van der Waals surface area (Å²) < 4.78 is 9.88. The van der Waals surface area contributed by atoms with E-state index in [-0.39, 0.29) is 22.8 Å². The fraction of sp³-hybridized carbons (Fsp3) is 0.455. The smallest absolute Gasteiger partial charge is 0.250 e. The first-order valence-corrected chi connectivity index (χ1v) is 5.99. The first kappa shape index (κ1) is 15.2. The summed E-state index contributed by atoms with van der Waals surface area (Å²) in [6.45, 7) is 2.51. The molecular weight excluding hydrogens is 279 g/mol. The van der Waals surface area contributed by atoms with Gasteiger partial charge in [0.15, 0.2) is 5.15 Å². The van der Waals surface area contributed by atoms with Crippen LogP contribution in [0.4, 0.5) is 5.69 Å². The van der Waals surface area contributed by atoms with Gasteiger partial charge in [-0.1, -0.05) is 23.2 Å². The van der Waals surface area contributed by atoms with Crippen molar-refractivity contribution in [1.29, 1.82) is 0 Å². The van der Waals surface area contributed by atoms with E-state index in [2.05, 4.69) is 10.3 Å². The maximum absolute atomic E-state index is 11.6. The Labute approximate surface area is 115 Å². The van der Waals surface area contributed by atoms with E-state index < -0.39 is 0 Å². The highest BCUT2D eigenvalue weighted by molar-refractivity contribution is 6.34. The Bertz CT molecular complexity index is 404. The second kappa shape index (κ2) is 7.53. The first-order chi connectivity index (χ1) is 8.54. The molecule has 0 aliphatic carbocycles. The molecule has 0 aliphatic heterocycles. The minimum Gasteiger partial charge on any atom is -0.382 e. The lowest BCUT2D eigenvalue weighted by molar-refractivity contribution is -0.121. The zero-order valence-corrected chi connectivity index (χ0v) is 11.6. The van der Waals surface area contributed by atoms with Crippen LogP contribution in [0.15, 0.2) is 6.07 Å². The molecule has 18 heavy (non-hydrogen) atoms. The molecule has 1 heterocycles. The van der Waals surface area contributed by atoms with Crippen LogP contribution >= 0.6 is 23.2 Å². The van der Waals surface area contributed by atoms with Crippen LogP contribution in [-0.4, -0.2) is 37.8 Å². The monoisotopic (exact) mass is 292 g/mol. The number of aromatic nitrogens is 1. The van der Waals surface area contributed by atoms with Crippen molar-refractivity contribution < 1.29 is 14.3 Å². The third-order valence-corrected chi connectivity index (χ3v) is 2.54. The van der Waals surface area contributed by atoms with Gasteiger partial charge in [-0.05, 0) is 18.6 Å². The van der Waals surface area contributed by atoms with Gasteiger partial charge in [0.2, 0.25) is 5.91 Å². The number of aryl methyl sites for hydroxylation is 1. The Kier molecular flexibility index (Phi) is 6.35. The summed E-state index contributed by atoms with van der Waals surface area (Å²) in [4.78, 5) is 15.4. The molecular formula is C11H14Cl2N2O3. The number of carbonyl (C=O) groups is 1. The van der Waals surface area contributed by atoms with Gasteiger partial charge in [-0.2, -0.15) is 0 Å². The number of carbonyl (C=O) groups excluding carboxylic acids is 1. The molecule has 1 aromatic rings. The van der Waals surface area contributed by atoms with Gasteiger partial charge in [-0.15, -0.1) is 0 Å². The van der Waals surface area contributed by atoms with Gasteiger partial charge in [-0.3, -0.25) is 4.79 Å². The molecule has 7 heteroatoms. The van der Waals surface area contributed by atoms with Gasteiger partial charge >= 0.3 is 0 Å². The largest absolute Gasteiger partial charge is 0.382 e. The normalized spacial score (nSPS) is 10.4. The molecule has 0 aliphatic rings. The Morgan fingerprint density at radius 3 is 2.78 bits per heavy atom. The fourth-order valence-electron chi connectivity index (χ4n) is 1.23. The highest BCUT2D eigenvalue weighted by atomic mass is 35.5. The lowest BCUT2D eigenvalue weighted by atomic mass is 10.2. The van der Waals surface area contributed by atoms with Gasteiger partial charge in [0, 0.05) is 7.11 Å². The highest BCUT2D eigenvalue weighted by Gasteiger charge is 2.11. The highest BCUT2D eigenvalue weighted by Crippen LogP contribution is 2.26. The zero-order chi connectivity index (χ0) is 13.5. The number of rotatable bonds is 6. The third-order valence-electron chi connectivity index (χ3n) is 2.07. The average Bonchev–Trinajstić information content (AvgIpc) is 2.29. The molecule has 1 amide bonds. The van der Waals surface area contributed by atoms with Crippen molar-refractivity contribution in [2.45, 2.75) is 6.92 Å². The number of halogens is 2. The molecule has 1 rings (SSSR count). The first-order valence-electron chi connectivity index (χ1n) is 5.23. The quantitative estimate of drug-likeness (QED) is 0.646. The van der Waals surface area contributed by atoms with Crippen LogP contribution < -0.4 is 5.32 Å². The van der Waals surface area contributed by atoms with Gasteiger partial charge in [0.05, 0.1) is 18.9 Å². The maximum Gasteiger partial charge on any atom is 0.250 e. The summed E-state index contributed by atoms with van der Waals surface area (Å²) in [7, 11) is 1.56. The van der Waals surface area contributed by atoms with Crippen LogP contribution in [0.5, 0.6) is 0 Å². The number of amides is 1. The predicted molar refractivity (Wildman–Crippen MR) is 70.3 cm³/mol. The van der Waals surface area contributed by atoms with Gasteiger partial charge in [0.1, 0.15) is 11.8 Å². The SMILES string of the molecule is COCCOCC(=O)Nc1c(C)cc(Cl)nc1Cl. The summed E-state index contributed by atoms with van der Waals surface area (Å²) in [5.74, 6) is -0.305. The topological polar surface area (TPSA) is 60.5 Å². The van der Waals surface area contributed by atoms with E-state index in [9.17, 15) is 4.79 Å². The Balaban J connectivity index is 2.54. The predicted octanol–water partition coefficient (Wildman–Crippen LogP) is 2.30. The lowest BCUT2D eigenvalue weighted by Crippen LogP contribution is -2.20. The van der Waals surface area contributed by atoms with Crippen molar-refractivity contribution in [3.8, 4) is 0 Å². The molecule has 0 atom stereocenters. The maximum atomic E-state index is 11.6. The number of nitrogens with one attached hydrogen (secondary N) is 1. The standard InChI is InChI=1S/C11H14Cl2N2O3/c1-7-5-8(12)14-11(13)10(7)15-9(16)6-18-4-3-17-2/h5H,3-4,6H2,1-2H3,(H,15,16). The van der Waals surface area contributed by atoms with Gasteiger partial charge in [0.25, 0.3) is 0 Å². The van der Waals surface area contributed by atoms with Crippen molar-refractivity contribution in [1.82, 2.24) is 4.98 Å². The van der Waals surface area contributed by atoms with Crippen LogP contribution in [0.3, 0.4) is 0 Å². The number of hydrogen-bond acceptors (Lipinski definition) is 4. The van der Waals surface area contributed by atoms with Crippen LogP contribution in [0, 0.1) is 6.92 Å². The van der Waals surface area contributed by atoms with Crippen molar-refractivity contribution in [2.75, 3.05) is 32.2 Å². The molecule has 1 N–H and O–H groups in total. The minimum atomic E-state index is -0.305. The van der Waals surface area contributed by atoms with E-state index in [1.165, 1.54) is 0 Å². The van der Waals surface area contributed by atoms with Crippen LogP contribution in [0.2, 0.25) is 10.3 Å². The van der Waals surface area contributed by atoms with Gasteiger partial charge < -0.3 is 14.8 Å². The van der Waals surface area contributed by atoms with E-state index in [0.717, 1.165) is 5.56 Å². The Morgan fingerprint density at radius 1 is 1.44 bits per heavy atom. The molecule has 0 spiro atoms. The van der Waals surface area contributed by atoms with E-state index in [4.69, 9.17) is 32.7 Å². The molecule has 5 nitrogen and oxygen atoms in total. The van der Waals surface area contributed by atoms with Crippen molar-refractivity contribution in [3.63, 3.8) is 0 Å². The minimum absolute atomic E-state index is 0.0677. The number of pyridine rings is 1. The number of hydrogen-bond donors (Lipinski definition) is 1. The third kappa shape index (κ3) is 4.78. The number of ether oxygens (including phenoxy) is 2. The van der Waals surface area contributed by atoms with E-state index >= 15 is 0 Å². The lowest BCUT2D eigenvalue weighted by Gasteiger charge is -2.10. The van der Waals surface area contributed by atoms with E-state index in [0.29, 0.717) is 18.9 Å². The molecule has 0 saturated carbocycles. The Morgan fingerprint density at radius 2 is 2.17 bits per heavy atom. The van der Waals surface area contributed by atoms with Crippen LogP contribution in [-0.2, 0) is 14.3 Å². The van der Waals surface area contributed by atoms with E-state index in [1.54, 1.807) is 20.1 Å². The van der Waals surface area contributed by atoms with Crippen molar-refractivity contribution >= 4 is 34.8 Å². The fourth-order valence-corrected chi connectivity index (χ4v) is 1.81. The van der Waals surface area contributed by atoms with E-state index in [1.807, 2.05) is 0 Å². The summed E-state index contributed by atoms with van der Waals surface area (Å²) in [6.07, 6.45) is 0. The second-order valence-corrected chi connectivity index (χ2v) is 4.27. The Hall–Kier alpha value is -0.880. The molecule has 0 unspecified atom stereocenters. The molecule has 0 fully saturated rings. The van der Waals surface area contributed by atoms with Crippen molar-refractivity contribution in [2.24, 2.45) is 0 Å². The van der Waals surface area contributed by atoms with Crippen LogP contribution in [0.25, 0.3) is 0 Å². The summed E-state index contributed by atoms with van der Waals surface area (Å²) in [6, 6.07) is 1.62. The second-order valence-electron chi connectivity index (χ2n) is 3.52. The molecule has 0 saturated heterocycles. The molecule has 0 bridgehead atoms. The number of anilines is 1. The molecule has 0 aromatic carbocycles. The van der Waals surface area contributed by atoms with Crippen LogP contribution in [0.1, 0.15) is 5.56 Å². The summed E-state index contributed by atoms with van der Waals surface area (Å²) in [5, 5.41) is 3.07. The van der Waals surface area contributed by atoms with Crippen molar-refractivity contribution in [3.05, 3.63) is 21.9 Å². The molecule has 0 radical (unpaired) electrons. The summed E-state index contributed by atoms with van der Waals surface area (Å²) >= 11 is 11.6. The molecule has 1 aromatic heterocycles.